The third-order valence-corrected chi connectivity index (χ3v) is 2.55. The maximum absolute atomic E-state index is 5.54. The molecule has 4 heteroatoms. The molecule has 0 fully saturated rings. The molecular weight excluding hydrogens is 218 g/mol. The van der Waals surface area contributed by atoms with Crippen molar-refractivity contribution in [3.05, 3.63) is 0 Å². The fourth-order valence-electron chi connectivity index (χ4n) is 1.52. The van der Waals surface area contributed by atoms with Crippen molar-refractivity contribution >= 4 is 0 Å². The highest BCUT2D eigenvalue weighted by Crippen LogP contribution is 2.03. The van der Waals surface area contributed by atoms with E-state index in [2.05, 4.69) is 13.8 Å². The third kappa shape index (κ3) is 4.40. The molecule has 3 nitrogen and oxygen atoms in total. The first-order valence-electron chi connectivity index (χ1n) is 4.50. The van der Waals surface area contributed by atoms with Gasteiger partial charge in [-0.2, -0.15) is 0 Å². The Hall–Kier alpha value is 0.360. The Morgan fingerprint density at radius 2 is 1.25 bits per heavy atom. The number of hydrogen-bond acceptors (Lipinski definition) is 2. The van der Waals surface area contributed by atoms with E-state index in [0.29, 0.717) is 0 Å². The van der Waals surface area contributed by atoms with Crippen LogP contribution < -0.4 is 28.4 Å². The first-order chi connectivity index (χ1) is 5.24. The summed E-state index contributed by atoms with van der Waals surface area (Å²) in [5, 5.41) is 0. The largest absolute Gasteiger partial charge is 1.00 e. The van der Waals surface area contributed by atoms with Gasteiger partial charge in [-0.1, -0.05) is 0 Å². The second-order valence-corrected chi connectivity index (χ2v) is 3.00. The Kier molecular flexibility index (Phi) is 9.88. The van der Waals surface area contributed by atoms with Crippen molar-refractivity contribution in [3.63, 3.8) is 0 Å². The molecule has 0 aliphatic carbocycles. The van der Waals surface area contributed by atoms with Crippen molar-refractivity contribution in [3.8, 4) is 0 Å². The fraction of sp³-hybridized carbons (Fsp3) is 1.00. The zero-order chi connectivity index (χ0) is 8.74. The number of hydrogen-bond donors (Lipinski definition) is 2. The molecule has 0 aromatic carbocycles. The minimum atomic E-state index is 0. The van der Waals surface area contributed by atoms with Gasteiger partial charge in [0.1, 0.15) is 0 Å². The van der Waals surface area contributed by atoms with Crippen molar-refractivity contribution < 1.29 is 21.5 Å². The molecule has 0 unspecified atom stereocenters. The Labute approximate surface area is 86.5 Å². The first-order valence-corrected chi connectivity index (χ1v) is 4.50. The van der Waals surface area contributed by atoms with Crippen molar-refractivity contribution in [1.29, 1.82) is 0 Å². The van der Waals surface area contributed by atoms with E-state index in [1.165, 1.54) is 0 Å². The maximum atomic E-state index is 5.54. The summed E-state index contributed by atoms with van der Waals surface area (Å²) in [6.07, 6.45) is 0. The van der Waals surface area contributed by atoms with Gasteiger partial charge in [0.05, 0.1) is 26.2 Å². The van der Waals surface area contributed by atoms with Gasteiger partial charge in [-0.05, 0) is 13.8 Å². The van der Waals surface area contributed by atoms with Crippen LogP contribution in [0.2, 0.25) is 0 Å². The zero-order valence-corrected chi connectivity index (χ0v) is 9.81. The summed E-state index contributed by atoms with van der Waals surface area (Å²) in [5.74, 6) is 0. The number of likely N-dealkylation sites (N-methyl/N-ethyl adjacent to an activating group) is 1. The predicted molar refractivity (Wildman–Crippen MR) is 49.2 cm³/mol. The Morgan fingerprint density at radius 3 is 1.42 bits per heavy atom. The smallest absolute Gasteiger partial charge is 0.0911 e. The van der Waals surface area contributed by atoms with Gasteiger partial charge in [0.2, 0.25) is 0 Å². The highest BCUT2D eigenvalue weighted by Gasteiger charge is 2.20. The lowest BCUT2D eigenvalue weighted by molar-refractivity contribution is -0.922. The van der Waals surface area contributed by atoms with Crippen LogP contribution in [0, 0.1) is 0 Å². The maximum Gasteiger partial charge on any atom is 0.0911 e. The molecule has 0 aliphatic rings. The van der Waals surface area contributed by atoms with Crippen molar-refractivity contribution in [2.75, 3.05) is 39.3 Å². The number of nitrogens with zero attached hydrogens (tertiary/aromatic N) is 1. The molecule has 76 valence electrons. The molecule has 0 amide bonds. The van der Waals surface area contributed by atoms with E-state index >= 15 is 0 Å². The summed E-state index contributed by atoms with van der Waals surface area (Å²) in [6, 6.07) is 0. The minimum Gasteiger partial charge on any atom is -1.00 e. The Balaban J connectivity index is 0. The van der Waals surface area contributed by atoms with Gasteiger partial charge in [-0.15, -0.1) is 0 Å². The van der Waals surface area contributed by atoms with Crippen LogP contribution in [-0.4, -0.2) is 43.8 Å². The van der Waals surface area contributed by atoms with Crippen molar-refractivity contribution in [2.45, 2.75) is 13.8 Å². The molecule has 0 atom stereocenters. The monoisotopic (exact) mass is 239 g/mol. The molecular formula is C8H22BrN3. The van der Waals surface area contributed by atoms with Gasteiger partial charge in [0, 0.05) is 13.1 Å². The van der Waals surface area contributed by atoms with E-state index in [4.69, 9.17) is 11.5 Å². The third-order valence-electron chi connectivity index (χ3n) is 2.55. The Morgan fingerprint density at radius 1 is 0.917 bits per heavy atom. The van der Waals surface area contributed by atoms with Crippen LogP contribution in [0.5, 0.6) is 0 Å². The standard InChI is InChI=1S/C8H22N3.BrH/c1-3-11(4-2,7-5-9)8-6-10;/h3-10H2,1-2H3;1H/q+1;/p-1. The molecule has 0 saturated heterocycles. The van der Waals surface area contributed by atoms with Gasteiger partial charge < -0.3 is 32.9 Å². The van der Waals surface area contributed by atoms with E-state index in [1.807, 2.05) is 0 Å². The van der Waals surface area contributed by atoms with Crippen LogP contribution >= 0.6 is 0 Å². The summed E-state index contributed by atoms with van der Waals surface area (Å²) in [6.45, 7) is 10.3. The van der Waals surface area contributed by atoms with Crippen molar-refractivity contribution in [2.24, 2.45) is 11.5 Å². The van der Waals surface area contributed by atoms with E-state index in [-0.39, 0.29) is 17.0 Å². The molecule has 12 heavy (non-hydrogen) atoms. The molecule has 0 saturated carbocycles. The summed E-state index contributed by atoms with van der Waals surface area (Å²) in [5.41, 5.74) is 11.1. The average molecular weight is 240 g/mol. The summed E-state index contributed by atoms with van der Waals surface area (Å²) >= 11 is 0. The van der Waals surface area contributed by atoms with Gasteiger partial charge >= 0.3 is 0 Å². The predicted octanol–water partition coefficient (Wildman–Crippen LogP) is -3.24. The molecule has 0 heterocycles. The lowest BCUT2D eigenvalue weighted by atomic mass is 10.3. The zero-order valence-electron chi connectivity index (χ0n) is 8.22. The molecule has 0 spiro atoms. The Bertz CT molecular complexity index is 86.3. The van der Waals surface area contributed by atoms with Gasteiger partial charge in [0.25, 0.3) is 0 Å². The molecule has 4 N–H and O–H groups in total. The number of rotatable bonds is 6. The first kappa shape index (κ1) is 14.9. The molecule has 0 rings (SSSR count). The topological polar surface area (TPSA) is 52.0 Å². The average Bonchev–Trinajstić information content (AvgIpc) is 2.04. The summed E-state index contributed by atoms with van der Waals surface area (Å²) in [4.78, 5) is 0. The van der Waals surface area contributed by atoms with Crippen LogP contribution in [0.15, 0.2) is 0 Å². The van der Waals surface area contributed by atoms with E-state index in [0.717, 1.165) is 43.8 Å². The summed E-state index contributed by atoms with van der Waals surface area (Å²) < 4.78 is 1.08. The van der Waals surface area contributed by atoms with E-state index in [1.54, 1.807) is 0 Å². The molecule has 0 bridgehead atoms. The van der Waals surface area contributed by atoms with E-state index in [9.17, 15) is 0 Å². The van der Waals surface area contributed by atoms with Gasteiger partial charge in [0.15, 0.2) is 0 Å². The molecule has 0 aromatic heterocycles. The van der Waals surface area contributed by atoms with Crippen LogP contribution in [0.25, 0.3) is 0 Å². The normalized spacial score (nSPS) is 11.0. The highest BCUT2D eigenvalue weighted by molar-refractivity contribution is 4.42. The second kappa shape index (κ2) is 7.98. The van der Waals surface area contributed by atoms with Gasteiger partial charge in [-0.25, -0.2) is 0 Å². The quantitative estimate of drug-likeness (QED) is 0.480. The number of halogens is 1. The molecule has 0 aromatic rings. The van der Waals surface area contributed by atoms with E-state index < -0.39 is 0 Å². The SMILES string of the molecule is CC[N+](CC)(CCN)CCN.[Br-]. The number of quaternary nitrogens is 1. The van der Waals surface area contributed by atoms with Crippen molar-refractivity contribution in [1.82, 2.24) is 0 Å². The van der Waals surface area contributed by atoms with Crippen LogP contribution in [0.1, 0.15) is 13.8 Å². The van der Waals surface area contributed by atoms with Crippen LogP contribution in [-0.2, 0) is 0 Å². The minimum absolute atomic E-state index is 0. The van der Waals surface area contributed by atoms with Gasteiger partial charge in [-0.3, -0.25) is 0 Å². The molecule has 0 radical (unpaired) electrons. The highest BCUT2D eigenvalue weighted by atomic mass is 79.9. The van der Waals surface area contributed by atoms with Crippen LogP contribution in [0.3, 0.4) is 0 Å². The lowest BCUT2D eigenvalue weighted by Crippen LogP contribution is -3.00. The second-order valence-electron chi connectivity index (χ2n) is 3.00. The summed E-state index contributed by atoms with van der Waals surface area (Å²) in [7, 11) is 0. The number of nitrogens with two attached hydrogens (primary N) is 2. The molecule has 0 aliphatic heterocycles. The lowest BCUT2D eigenvalue weighted by Gasteiger charge is -2.36. The van der Waals surface area contributed by atoms with Crippen LogP contribution in [0.4, 0.5) is 0 Å². The fourth-order valence-corrected chi connectivity index (χ4v) is 1.52.